The molecule has 0 saturated heterocycles. The maximum Gasteiger partial charge on any atom is 0.266 e. The van der Waals surface area contributed by atoms with Crippen molar-refractivity contribution in [3.63, 3.8) is 0 Å². The Morgan fingerprint density at radius 1 is 1.14 bits per heavy atom. The number of nitrogens with zero attached hydrogens (tertiary/aromatic N) is 2. The number of fused-ring (bicyclic) bond motifs is 1. The van der Waals surface area contributed by atoms with Gasteiger partial charge in [-0.2, -0.15) is 0 Å². The largest absolute Gasteiger partial charge is 0.497 e. The molecule has 0 aliphatic carbocycles. The van der Waals surface area contributed by atoms with Gasteiger partial charge in [-0.15, -0.1) is 0 Å². The fourth-order valence-corrected chi connectivity index (χ4v) is 3.88. The molecule has 0 saturated carbocycles. The van der Waals surface area contributed by atoms with Crippen molar-refractivity contribution in [1.29, 1.82) is 0 Å². The molecule has 1 amide bonds. The van der Waals surface area contributed by atoms with Crippen LogP contribution in [0.1, 0.15) is 26.7 Å². The Morgan fingerprint density at radius 3 is 2.48 bits per heavy atom. The van der Waals surface area contributed by atoms with Crippen LogP contribution in [0, 0.1) is 0 Å². The minimum absolute atomic E-state index is 0.0626. The highest BCUT2D eigenvalue weighted by molar-refractivity contribution is 7.99. The average Bonchev–Trinajstić information content (AvgIpc) is 2.76. The van der Waals surface area contributed by atoms with E-state index in [1.165, 1.54) is 11.8 Å². The highest BCUT2D eigenvalue weighted by Gasteiger charge is 2.16. The van der Waals surface area contributed by atoms with Crippen LogP contribution >= 0.6 is 11.8 Å². The third-order valence-electron chi connectivity index (χ3n) is 4.76. The summed E-state index contributed by atoms with van der Waals surface area (Å²) >= 11 is 1.26. The molecule has 1 aromatic heterocycles. The minimum Gasteiger partial charge on any atom is -0.497 e. The molecule has 0 unspecified atom stereocenters. The molecule has 29 heavy (non-hydrogen) atoms. The molecule has 7 heteroatoms. The molecular weight excluding hydrogens is 386 g/mol. The van der Waals surface area contributed by atoms with Gasteiger partial charge in [-0.25, -0.2) is 4.98 Å². The summed E-state index contributed by atoms with van der Waals surface area (Å²) in [6.07, 6.45) is 1.77. The van der Waals surface area contributed by atoms with E-state index in [1.54, 1.807) is 29.9 Å². The second-order valence-electron chi connectivity index (χ2n) is 6.62. The maximum absolute atomic E-state index is 13.2. The number of carbonyl (C=O) groups excluding carboxylic acids is 1. The Labute approximate surface area is 174 Å². The van der Waals surface area contributed by atoms with Gasteiger partial charge in [0.1, 0.15) is 5.75 Å². The Kier molecular flexibility index (Phi) is 6.93. The number of hydrogen-bond donors (Lipinski definition) is 1. The highest BCUT2D eigenvalue weighted by atomic mass is 32.2. The highest BCUT2D eigenvalue weighted by Crippen LogP contribution is 2.22. The summed E-state index contributed by atoms with van der Waals surface area (Å²) in [5.74, 6) is 0.832. The lowest BCUT2D eigenvalue weighted by Crippen LogP contribution is -2.35. The fraction of sp³-hybridized carbons (Fsp3) is 0.318. The zero-order valence-electron chi connectivity index (χ0n) is 16.8. The van der Waals surface area contributed by atoms with E-state index in [4.69, 9.17) is 4.74 Å². The summed E-state index contributed by atoms with van der Waals surface area (Å²) in [6.45, 7) is 4.10. The summed E-state index contributed by atoms with van der Waals surface area (Å²) in [7, 11) is 1.60. The number of para-hydroxylation sites is 1. The predicted octanol–water partition coefficient (Wildman–Crippen LogP) is 3.79. The van der Waals surface area contributed by atoms with Crippen LogP contribution in [-0.4, -0.2) is 34.4 Å². The molecule has 0 radical (unpaired) electrons. The number of ether oxygens (including phenoxy) is 1. The van der Waals surface area contributed by atoms with Gasteiger partial charge in [-0.1, -0.05) is 37.7 Å². The average molecular weight is 412 g/mol. The van der Waals surface area contributed by atoms with Crippen molar-refractivity contribution in [2.45, 2.75) is 37.9 Å². The fourth-order valence-electron chi connectivity index (χ4n) is 3.06. The molecule has 0 aliphatic heterocycles. The molecule has 0 fully saturated rings. The van der Waals surface area contributed by atoms with Gasteiger partial charge < -0.3 is 10.1 Å². The van der Waals surface area contributed by atoms with Crippen LogP contribution in [0.25, 0.3) is 16.6 Å². The monoisotopic (exact) mass is 411 g/mol. The summed E-state index contributed by atoms with van der Waals surface area (Å²) in [6, 6.07) is 14.6. The van der Waals surface area contributed by atoms with Gasteiger partial charge in [0, 0.05) is 6.04 Å². The van der Waals surface area contributed by atoms with E-state index in [1.807, 2.05) is 44.2 Å². The van der Waals surface area contributed by atoms with Crippen molar-refractivity contribution in [2.24, 2.45) is 0 Å². The van der Waals surface area contributed by atoms with E-state index in [0.29, 0.717) is 27.5 Å². The first kappa shape index (κ1) is 20.9. The van der Waals surface area contributed by atoms with E-state index < -0.39 is 0 Å². The number of nitrogens with one attached hydrogen (secondary N) is 1. The normalized spacial score (nSPS) is 11.0. The van der Waals surface area contributed by atoms with Gasteiger partial charge in [0.2, 0.25) is 5.91 Å². The van der Waals surface area contributed by atoms with Gasteiger partial charge in [0.05, 0.1) is 29.5 Å². The Hall–Kier alpha value is -2.80. The summed E-state index contributed by atoms with van der Waals surface area (Å²) in [5.41, 5.74) is 1.13. The van der Waals surface area contributed by atoms with Crippen molar-refractivity contribution in [2.75, 3.05) is 12.9 Å². The Morgan fingerprint density at radius 2 is 1.83 bits per heavy atom. The first-order valence-electron chi connectivity index (χ1n) is 9.65. The number of methoxy groups -OCH3 is 1. The number of hydrogen-bond acceptors (Lipinski definition) is 5. The second-order valence-corrected chi connectivity index (χ2v) is 7.56. The Balaban J connectivity index is 1.98. The minimum atomic E-state index is -0.163. The third-order valence-corrected chi connectivity index (χ3v) is 5.70. The molecule has 1 heterocycles. The second kappa shape index (κ2) is 9.60. The quantitative estimate of drug-likeness (QED) is 0.451. The lowest BCUT2D eigenvalue weighted by atomic mass is 10.2. The van der Waals surface area contributed by atoms with E-state index in [-0.39, 0.29) is 23.3 Å². The summed E-state index contributed by atoms with van der Waals surface area (Å²) < 4.78 is 6.76. The molecule has 152 valence electrons. The number of benzene rings is 2. The lowest BCUT2D eigenvalue weighted by molar-refractivity contribution is -0.119. The molecule has 0 atom stereocenters. The molecule has 0 bridgehead atoms. The number of thioether (sulfide) groups is 1. The molecule has 3 rings (SSSR count). The van der Waals surface area contributed by atoms with Gasteiger partial charge >= 0.3 is 0 Å². The first-order valence-corrected chi connectivity index (χ1v) is 10.6. The standard InChI is InChI=1S/C22H25N3O3S/c1-4-15(5-2)23-20(26)14-29-22-24-19-9-7-6-8-18(19)21(27)25(22)16-10-12-17(28-3)13-11-16/h6-13,15H,4-5,14H2,1-3H3,(H,23,26). The molecular formula is C22H25N3O3S. The topological polar surface area (TPSA) is 73.2 Å². The van der Waals surface area contributed by atoms with E-state index >= 15 is 0 Å². The predicted molar refractivity (Wildman–Crippen MR) is 117 cm³/mol. The van der Waals surface area contributed by atoms with Crippen molar-refractivity contribution >= 4 is 28.6 Å². The van der Waals surface area contributed by atoms with Crippen LogP contribution in [0.2, 0.25) is 0 Å². The Bertz CT molecular complexity index is 1040. The van der Waals surface area contributed by atoms with Crippen LogP contribution in [0.3, 0.4) is 0 Å². The number of rotatable bonds is 8. The molecule has 1 N–H and O–H groups in total. The van der Waals surface area contributed by atoms with Crippen LogP contribution in [0.15, 0.2) is 58.5 Å². The van der Waals surface area contributed by atoms with Crippen LogP contribution in [-0.2, 0) is 4.79 Å². The SMILES string of the molecule is CCC(CC)NC(=O)CSc1nc2ccccc2c(=O)n1-c1ccc(OC)cc1. The van der Waals surface area contributed by atoms with E-state index in [2.05, 4.69) is 10.3 Å². The van der Waals surface area contributed by atoms with Gasteiger partial charge in [0.25, 0.3) is 5.56 Å². The third kappa shape index (κ3) is 4.79. The van der Waals surface area contributed by atoms with Crippen molar-refractivity contribution in [3.05, 3.63) is 58.9 Å². The molecule has 2 aromatic carbocycles. The maximum atomic E-state index is 13.2. The van der Waals surface area contributed by atoms with Crippen molar-refractivity contribution in [1.82, 2.24) is 14.9 Å². The first-order chi connectivity index (χ1) is 14.1. The summed E-state index contributed by atoms with van der Waals surface area (Å²) in [4.78, 5) is 30.2. The van der Waals surface area contributed by atoms with Crippen molar-refractivity contribution in [3.8, 4) is 11.4 Å². The molecule has 3 aromatic rings. The van der Waals surface area contributed by atoms with Gasteiger partial charge in [-0.3, -0.25) is 14.2 Å². The van der Waals surface area contributed by atoms with E-state index in [0.717, 1.165) is 12.8 Å². The number of amides is 1. The number of aromatic nitrogens is 2. The van der Waals surface area contributed by atoms with Gasteiger partial charge in [0.15, 0.2) is 5.16 Å². The zero-order chi connectivity index (χ0) is 20.8. The van der Waals surface area contributed by atoms with Crippen LogP contribution < -0.4 is 15.6 Å². The summed E-state index contributed by atoms with van der Waals surface area (Å²) in [5, 5.41) is 4.04. The van der Waals surface area contributed by atoms with Crippen LogP contribution in [0.4, 0.5) is 0 Å². The van der Waals surface area contributed by atoms with Crippen LogP contribution in [0.5, 0.6) is 5.75 Å². The van der Waals surface area contributed by atoms with E-state index in [9.17, 15) is 9.59 Å². The van der Waals surface area contributed by atoms with Gasteiger partial charge in [-0.05, 0) is 49.2 Å². The molecule has 0 spiro atoms. The molecule has 0 aliphatic rings. The van der Waals surface area contributed by atoms with Crippen molar-refractivity contribution < 1.29 is 9.53 Å². The number of carbonyl (C=O) groups is 1. The smallest absolute Gasteiger partial charge is 0.266 e. The molecule has 6 nitrogen and oxygen atoms in total. The lowest BCUT2D eigenvalue weighted by Gasteiger charge is -2.16. The zero-order valence-corrected chi connectivity index (χ0v) is 17.7.